The van der Waals surface area contributed by atoms with Crippen molar-refractivity contribution in [2.45, 2.75) is 26.4 Å². The highest BCUT2D eigenvalue weighted by Crippen LogP contribution is 2.30. The third-order valence-electron chi connectivity index (χ3n) is 5.42. The number of ether oxygens (including phenoxy) is 2. The molecule has 0 aliphatic heterocycles. The second kappa shape index (κ2) is 11.7. The molecule has 0 spiro atoms. The number of hydrogen-bond acceptors (Lipinski definition) is 4. The van der Waals surface area contributed by atoms with Gasteiger partial charge in [0.2, 0.25) is 5.91 Å². The minimum Gasteiger partial charge on any atom is -0.490 e. The molecular formula is C29H28N2O3. The maximum Gasteiger partial charge on any atom is 0.240 e. The molecule has 34 heavy (non-hydrogen) atoms. The van der Waals surface area contributed by atoms with Gasteiger partial charge in [0.15, 0.2) is 11.5 Å². The fraction of sp³-hybridized carbons (Fsp3) is 0.172. The molecule has 0 aliphatic rings. The Morgan fingerprint density at radius 2 is 1.68 bits per heavy atom. The number of nitrogens with zero attached hydrogens (tertiary/aromatic N) is 1. The molecule has 1 amide bonds. The summed E-state index contributed by atoms with van der Waals surface area (Å²) in [4.78, 5) is 12.1. The normalized spacial score (nSPS) is 11.0. The molecule has 1 N–H and O–H groups in total. The van der Waals surface area contributed by atoms with Crippen molar-refractivity contribution in [3.05, 3.63) is 108 Å². The second-order valence-corrected chi connectivity index (χ2v) is 7.84. The number of aryl methyl sites for hydroxylation is 1. The summed E-state index contributed by atoms with van der Waals surface area (Å²) in [5, 5.41) is 6.45. The number of carbonyl (C=O) groups excluding carboxylic acids is 1. The van der Waals surface area contributed by atoms with E-state index in [2.05, 4.69) is 34.8 Å². The Labute approximate surface area is 200 Å². The smallest absolute Gasteiger partial charge is 0.240 e. The summed E-state index contributed by atoms with van der Waals surface area (Å²) in [6, 6.07) is 30.0. The quantitative estimate of drug-likeness (QED) is 0.241. The van der Waals surface area contributed by atoms with Crippen LogP contribution in [0.5, 0.6) is 11.5 Å². The molecular weight excluding hydrogens is 424 g/mol. The largest absolute Gasteiger partial charge is 0.490 e. The van der Waals surface area contributed by atoms with E-state index in [1.165, 1.54) is 10.8 Å². The van der Waals surface area contributed by atoms with Gasteiger partial charge >= 0.3 is 0 Å². The van der Waals surface area contributed by atoms with Crippen LogP contribution in [0.15, 0.2) is 96.1 Å². The van der Waals surface area contributed by atoms with Crippen molar-refractivity contribution in [2.75, 3.05) is 6.61 Å². The number of nitrogens with one attached hydrogen (secondary N) is 1. The van der Waals surface area contributed by atoms with Crippen LogP contribution in [-0.4, -0.2) is 18.7 Å². The Morgan fingerprint density at radius 3 is 2.53 bits per heavy atom. The average molecular weight is 453 g/mol. The summed E-state index contributed by atoms with van der Waals surface area (Å²) in [5.41, 5.74) is 5.64. The first-order valence-electron chi connectivity index (χ1n) is 11.4. The number of amides is 1. The summed E-state index contributed by atoms with van der Waals surface area (Å²) < 4.78 is 11.9. The highest BCUT2D eigenvalue weighted by atomic mass is 16.5. The van der Waals surface area contributed by atoms with Gasteiger partial charge < -0.3 is 9.47 Å². The molecule has 4 aromatic rings. The van der Waals surface area contributed by atoms with E-state index in [1.54, 1.807) is 6.21 Å². The van der Waals surface area contributed by atoms with Crippen molar-refractivity contribution in [1.29, 1.82) is 0 Å². The average Bonchev–Trinajstić information content (AvgIpc) is 2.88. The van der Waals surface area contributed by atoms with Gasteiger partial charge in [-0.3, -0.25) is 4.79 Å². The zero-order valence-corrected chi connectivity index (χ0v) is 19.2. The summed E-state index contributed by atoms with van der Waals surface area (Å²) in [7, 11) is 0. The minimum absolute atomic E-state index is 0.125. The molecule has 4 rings (SSSR count). The fourth-order valence-corrected chi connectivity index (χ4v) is 3.70. The molecule has 0 unspecified atom stereocenters. The van der Waals surface area contributed by atoms with Gasteiger partial charge in [-0.1, -0.05) is 72.8 Å². The van der Waals surface area contributed by atoms with Crippen LogP contribution in [0.25, 0.3) is 10.8 Å². The number of hydrazone groups is 1. The molecule has 5 nitrogen and oxygen atoms in total. The van der Waals surface area contributed by atoms with E-state index in [0.717, 1.165) is 16.7 Å². The highest BCUT2D eigenvalue weighted by molar-refractivity contribution is 5.85. The van der Waals surface area contributed by atoms with E-state index in [1.807, 2.05) is 73.7 Å². The molecule has 0 heterocycles. The van der Waals surface area contributed by atoms with Crippen LogP contribution in [0.4, 0.5) is 0 Å². The van der Waals surface area contributed by atoms with Gasteiger partial charge in [-0.15, -0.1) is 0 Å². The maximum atomic E-state index is 12.1. The zero-order chi connectivity index (χ0) is 23.6. The predicted octanol–water partition coefficient (Wildman–Crippen LogP) is 5.90. The van der Waals surface area contributed by atoms with E-state index >= 15 is 0 Å². The summed E-state index contributed by atoms with van der Waals surface area (Å²) in [5.74, 6) is 1.18. The van der Waals surface area contributed by atoms with Crippen molar-refractivity contribution in [3.63, 3.8) is 0 Å². The lowest BCUT2D eigenvalue weighted by Crippen LogP contribution is -2.17. The Bertz CT molecular complexity index is 1260. The third kappa shape index (κ3) is 6.23. The van der Waals surface area contributed by atoms with Crippen LogP contribution in [0.3, 0.4) is 0 Å². The van der Waals surface area contributed by atoms with Crippen LogP contribution in [0.2, 0.25) is 0 Å². The lowest BCUT2D eigenvalue weighted by molar-refractivity contribution is -0.121. The van der Waals surface area contributed by atoms with Crippen LogP contribution >= 0.6 is 0 Å². The molecule has 0 aromatic heterocycles. The van der Waals surface area contributed by atoms with Crippen LogP contribution in [0, 0.1) is 0 Å². The minimum atomic E-state index is -0.125. The molecule has 5 heteroatoms. The lowest BCUT2D eigenvalue weighted by atomic mass is 10.1. The first-order valence-corrected chi connectivity index (χ1v) is 11.4. The van der Waals surface area contributed by atoms with Gasteiger partial charge in [0.05, 0.1) is 12.8 Å². The molecule has 0 aliphatic carbocycles. The molecule has 0 saturated carbocycles. The second-order valence-electron chi connectivity index (χ2n) is 7.84. The number of rotatable bonds is 10. The number of carbonyl (C=O) groups is 1. The summed E-state index contributed by atoms with van der Waals surface area (Å²) >= 11 is 0. The fourth-order valence-electron chi connectivity index (χ4n) is 3.70. The molecule has 0 atom stereocenters. The van der Waals surface area contributed by atoms with Crippen molar-refractivity contribution < 1.29 is 14.3 Å². The van der Waals surface area contributed by atoms with Crippen molar-refractivity contribution in [1.82, 2.24) is 5.43 Å². The SMILES string of the molecule is CCOc1cc(/C=N\NC(=O)CCc2ccccc2)ccc1OCc1cccc2ccccc12. The van der Waals surface area contributed by atoms with E-state index in [0.29, 0.717) is 37.6 Å². The highest BCUT2D eigenvalue weighted by Gasteiger charge is 2.08. The van der Waals surface area contributed by atoms with Gasteiger partial charge in [-0.25, -0.2) is 5.43 Å². The molecule has 172 valence electrons. The van der Waals surface area contributed by atoms with Crippen molar-refractivity contribution >= 4 is 22.9 Å². The van der Waals surface area contributed by atoms with Crippen molar-refractivity contribution in [2.24, 2.45) is 5.10 Å². The van der Waals surface area contributed by atoms with Gasteiger partial charge in [0, 0.05) is 6.42 Å². The first kappa shape index (κ1) is 23.1. The van der Waals surface area contributed by atoms with Crippen LogP contribution < -0.4 is 14.9 Å². The van der Waals surface area contributed by atoms with Crippen LogP contribution in [0.1, 0.15) is 30.0 Å². The third-order valence-corrected chi connectivity index (χ3v) is 5.42. The Morgan fingerprint density at radius 1 is 0.882 bits per heavy atom. The molecule has 0 bridgehead atoms. The monoisotopic (exact) mass is 452 g/mol. The topological polar surface area (TPSA) is 59.9 Å². The lowest BCUT2D eigenvalue weighted by Gasteiger charge is -2.13. The number of fused-ring (bicyclic) bond motifs is 1. The van der Waals surface area contributed by atoms with Gasteiger partial charge in [-0.2, -0.15) is 5.10 Å². The van der Waals surface area contributed by atoms with Crippen LogP contribution in [-0.2, 0) is 17.8 Å². The van der Waals surface area contributed by atoms with Crippen molar-refractivity contribution in [3.8, 4) is 11.5 Å². The summed E-state index contributed by atoms with van der Waals surface area (Å²) in [6.07, 6.45) is 2.67. The Balaban J connectivity index is 1.37. The Kier molecular flexibility index (Phi) is 7.90. The predicted molar refractivity (Wildman–Crippen MR) is 136 cm³/mol. The molecule has 4 aromatic carbocycles. The molecule has 0 saturated heterocycles. The first-order chi connectivity index (χ1) is 16.7. The van der Waals surface area contributed by atoms with E-state index in [-0.39, 0.29) is 5.91 Å². The summed E-state index contributed by atoms with van der Waals surface area (Å²) in [6.45, 7) is 2.88. The van der Waals surface area contributed by atoms with E-state index in [9.17, 15) is 4.79 Å². The van der Waals surface area contributed by atoms with Gasteiger partial charge in [-0.05, 0) is 59.0 Å². The van der Waals surface area contributed by atoms with E-state index < -0.39 is 0 Å². The van der Waals surface area contributed by atoms with Gasteiger partial charge in [0.1, 0.15) is 6.61 Å². The maximum absolute atomic E-state index is 12.1. The number of benzene rings is 4. The standard InChI is InChI=1S/C29H28N2O3/c1-2-33-28-19-23(20-30-31-29(32)18-16-22-9-4-3-5-10-22)15-17-27(28)34-21-25-13-8-12-24-11-6-7-14-26(24)25/h3-15,17,19-20H,2,16,18,21H2,1H3,(H,31,32)/b30-20-. The van der Waals surface area contributed by atoms with Gasteiger partial charge in [0.25, 0.3) is 0 Å². The molecule has 0 radical (unpaired) electrons. The van der Waals surface area contributed by atoms with E-state index in [4.69, 9.17) is 9.47 Å². The number of hydrogen-bond donors (Lipinski definition) is 1. The Hall–Kier alpha value is -4.12. The molecule has 0 fully saturated rings. The zero-order valence-electron chi connectivity index (χ0n) is 19.2.